The lowest BCUT2D eigenvalue weighted by molar-refractivity contribution is -0.141. The van der Waals surface area contributed by atoms with Crippen LogP contribution in [0.5, 0.6) is 0 Å². The fourth-order valence-corrected chi connectivity index (χ4v) is 2.20. The van der Waals surface area contributed by atoms with Crippen molar-refractivity contribution in [3.05, 3.63) is 42.1 Å². The summed E-state index contributed by atoms with van der Waals surface area (Å²) in [5.74, 6) is -1.12. The van der Waals surface area contributed by atoms with Gasteiger partial charge in [-0.05, 0) is 18.7 Å². The highest BCUT2D eigenvalue weighted by Crippen LogP contribution is 2.13. The van der Waals surface area contributed by atoms with E-state index in [1.54, 1.807) is 6.92 Å². The molecular formula is C16H20N2O2. The lowest BCUT2D eigenvalue weighted by Crippen LogP contribution is -2.31. The van der Waals surface area contributed by atoms with Crippen LogP contribution in [0.1, 0.15) is 19.5 Å². The maximum atomic E-state index is 10.9. The molecule has 4 heteroatoms. The lowest BCUT2D eigenvalue weighted by Gasteiger charge is -2.22. The fraction of sp³-hybridized carbons (Fsp3) is 0.375. The van der Waals surface area contributed by atoms with Crippen LogP contribution in [0.25, 0.3) is 10.9 Å². The number of carbonyl (C=O) groups is 1. The summed E-state index contributed by atoms with van der Waals surface area (Å²) in [7, 11) is 0. The lowest BCUT2D eigenvalue weighted by atomic mass is 10.1. The molecule has 1 unspecified atom stereocenters. The average Bonchev–Trinajstić information content (AvgIpc) is 2.46. The molecule has 1 N–H and O–H groups in total. The first-order chi connectivity index (χ1) is 9.60. The minimum atomic E-state index is -0.755. The molecule has 0 amide bonds. The summed E-state index contributed by atoms with van der Waals surface area (Å²) < 4.78 is 0. The monoisotopic (exact) mass is 272 g/mol. The van der Waals surface area contributed by atoms with Gasteiger partial charge in [0, 0.05) is 18.5 Å². The highest BCUT2D eigenvalue weighted by atomic mass is 16.4. The molecule has 0 bridgehead atoms. The van der Waals surface area contributed by atoms with Crippen LogP contribution < -0.4 is 0 Å². The summed E-state index contributed by atoms with van der Waals surface area (Å²) in [6.45, 7) is 5.81. The zero-order chi connectivity index (χ0) is 14.5. The van der Waals surface area contributed by atoms with Gasteiger partial charge in [-0.2, -0.15) is 0 Å². The first-order valence-electron chi connectivity index (χ1n) is 6.90. The van der Waals surface area contributed by atoms with Gasteiger partial charge in [-0.1, -0.05) is 38.1 Å². The molecule has 0 fully saturated rings. The number of aromatic nitrogens is 1. The Labute approximate surface area is 119 Å². The van der Waals surface area contributed by atoms with Crippen LogP contribution in [0.4, 0.5) is 0 Å². The number of fused-ring (bicyclic) bond motifs is 1. The molecule has 0 aliphatic rings. The molecule has 0 radical (unpaired) electrons. The van der Waals surface area contributed by atoms with Crippen molar-refractivity contribution in [3.8, 4) is 0 Å². The molecule has 2 aromatic rings. The molecular weight excluding hydrogens is 252 g/mol. The summed E-state index contributed by atoms with van der Waals surface area (Å²) in [5, 5.41) is 10.1. The molecule has 0 spiro atoms. The van der Waals surface area contributed by atoms with Gasteiger partial charge >= 0.3 is 5.97 Å². The van der Waals surface area contributed by atoms with Gasteiger partial charge in [0.25, 0.3) is 0 Å². The Kier molecular flexibility index (Phi) is 4.69. The number of carboxylic acids is 1. The average molecular weight is 272 g/mol. The molecule has 1 aromatic carbocycles. The van der Waals surface area contributed by atoms with Crippen LogP contribution in [-0.4, -0.2) is 34.0 Å². The van der Waals surface area contributed by atoms with Crippen molar-refractivity contribution in [1.82, 2.24) is 9.88 Å². The Bertz CT molecular complexity index is 598. The highest BCUT2D eigenvalue weighted by molar-refractivity contribution is 5.78. The van der Waals surface area contributed by atoms with E-state index in [2.05, 4.69) is 16.0 Å². The van der Waals surface area contributed by atoms with E-state index in [1.165, 1.54) is 0 Å². The largest absolute Gasteiger partial charge is 0.481 e. The molecule has 0 aliphatic carbocycles. The molecule has 1 heterocycles. The normalized spacial score (nSPS) is 12.8. The quantitative estimate of drug-likeness (QED) is 0.878. The topological polar surface area (TPSA) is 53.4 Å². The van der Waals surface area contributed by atoms with E-state index in [1.807, 2.05) is 37.3 Å². The summed E-state index contributed by atoms with van der Waals surface area (Å²) in [6.07, 6.45) is 0. The van der Waals surface area contributed by atoms with E-state index in [-0.39, 0.29) is 5.92 Å². The van der Waals surface area contributed by atoms with Crippen molar-refractivity contribution < 1.29 is 9.90 Å². The Morgan fingerprint density at radius 2 is 2.05 bits per heavy atom. The molecule has 1 aromatic heterocycles. The summed E-state index contributed by atoms with van der Waals surface area (Å²) in [4.78, 5) is 17.7. The molecule has 4 nitrogen and oxygen atoms in total. The predicted octanol–water partition coefficient (Wildman–Crippen LogP) is 2.78. The second kappa shape index (κ2) is 6.48. The molecule has 0 saturated carbocycles. The number of nitrogens with zero attached hydrogens (tertiary/aromatic N) is 2. The Hall–Kier alpha value is -1.94. The number of carboxylic acid groups (broad SMARTS) is 1. The van der Waals surface area contributed by atoms with Crippen molar-refractivity contribution >= 4 is 16.9 Å². The maximum Gasteiger partial charge on any atom is 0.307 e. The van der Waals surface area contributed by atoms with Gasteiger partial charge in [0.1, 0.15) is 0 Å². The third kappa shape index (κ3) is 3.54. The third-order valence-corrected chi connectivity index (χ3v) is 3.44. The summed E-state index contributed by atoms with van der Waals surface area (Å²) >= 11 is 0. The SMILES string of the molecule is CCN(Cc1ccc2ccccc2n1)CC(C)C(=O)O. The van der Waals surface area contributed by atoms with Crippen LogP contribution in [0, 0.1) is 5.92 Å². The van der Waals surface area contributed by atoms with Gasteiger partial charge in [-0.3, -0.25) is 14.7 Å². The smallest absolute Gasteiger partial charge is 0.307 e. The number of para-hydroxylation sites is 1. The van der Waals surface area contributed by atoms with E-state index in [0.717, 1.165) is 23.1 Å². The molecule has 1 atom stereocenters. The Morgan fingerprint density at radius 1 is 1.30 bits per heavy atom. The second-order valence-electron chi connectivity index (χ2n) is 5.06. The van der Waals surface area contributed by atoms with Crippen molar-refractivity contribution in [1.29, 1.82) is 0 Å². The van der Waals surface area contributed by atoms with E-state index < -0.39 is 5.97 Å². The number of benzene rings is 1. The van der Waals surface area contributed by atoms with Gasteiger partial charge in [0.15, 0.2) is 0 Å². The zero-order valence-electron chi connectivity index (χ0n) is 11.9. The van der Waals surface area contributed by atoms with Crippen molar-refractivity contribution in [2.24, 2.45) is 5.92 Å². The number of hydrogen-bond donors (Lipinski definition) is 1. The first-order valence-corrected chi connectivity index (χ1v) is 6.90. The number of hydrogen-bond acceptors (Lipinski definition) is 3. The van der Waals surface area contributed by atoms with Gasteiger partial charge in [-0.25, -0.2) is 0 Å². The molecule has 2 rings (SSSR count). The van der Waals surface area contributed by atoms with Gasteiger partial charge in [0.2, 0.25) is 0 Å². The van der Waals surface area contributed by atoms with E-state index >= 15 is 0 Å². The van der Waals surface area contributed by atoms with Crippen molar-refractivity contribution in [2.45, 2.75) is 20.4 Å². The van der Waals surface area contributed by atoms with Crippen LogP contribution in [0.15, 0.2) is 36.4 Å². The molecule has 0 aliphatic heterocycles. The van der Waals surface area contributed by atoms with Crippen LogP contribution in [0.3, 0.4) is 0 Å². The number of pyridine rings is 1. The molecule has 0 saturated heterocycles. The van der Waals surface area contributed by atoms with Gasteiger partial charge in [0.05, 0.1) is 17.1 Å². The summed E-state index contributed by atoms with van der Waals surface area (Å²) in [5.41, 5.74) is 1.95. The van der Waals surface area contributed by atoms with Crippen LogP contribution >= 0.6 is 0 Å². The number of rotatable bonds is 6. The molecule has 20 heavy (non-hydrogen) atoms. The van der Waals surface area contributed by atoms with Crippen molar-refractivity contribution in [2.75, 3.05) is 13.1 Å². The predicted molar refractivity (Wildman–Crippen MR) is 79.5 cm³/mol. The minimum absolute atomic E-state index is 0.365. The summed E-state index contributed by atoms with van der Waals surface area (Å²) in [6, 6.07) is 12.1. The van der Waals surface area contributed by atoms with E-state index in [9.17, 15) is 4.79 Å². The molecule has 106 valence electrons. The van der Waals surface area contributed by atoms with E-state index in [4.69, 9.17) is 5.11 Å². The highest BCUT2D eigenvalue weighted by Gasteiger charge is 2.15. The van der Waals surface area contributed by atoms with Crippen molar-refractivity contribution in [3.63, 3.8) is 0 Å². The standard InChI is InChI=1S/C16H20N2O2/c1-3-18(10-12(2)16(19)20)11-14-9-8-13-6-4-5-7-15(13)17-14/h4-9,12H,3,10-11H2,1-2H3,(H,19,20). The fourth-order valence-electron chi connectivity index (χ4n) is 2.20. The Balaban J connectivity index is 2.11. The minimum Gasteiger partial charge on any atom is -0.481 e. The Morgan fingerprint density at radius 3 is 2.75 bits per heavy atom. The second-order valence-corrected chi connectivity index (χ2v) is 5.06. The zero-order valence-corrected chi connectivity index (χ0v) is 11.9. The van der Waals surface area contributed by atoms with Crippen LogP contribution in [-0.2, 0) is 11.3 Å². The first kappa shape index (κ1) is 14.5. The maximum absolute atomic E-state index is 10.9. The van der Waals surface area contributed by atoms with Gasteiger partial charge < -0.3 is 5.11 Å². The third-order valence-electron chi connectivity index (χ3n) is 3.44. The van der Waals surface area contributed by atoms with E-state index in [0.29, 0.717) is 13.1 Å². The number of aliphatic carboxylic acids is 1. The van der Waals surface area contributed by atoms with Crippen LogP contribution in [0.2, 0.25) is 0 Å². The van der Waals surface area contributed by atoms with Gasteiger partial charge in [-0.15, -0.1) is 0 Å².